The molecule has 2 aromatic rings. The Hall–Kier alpha value is -1.84. The number of rotatable bonds is 4. The van der Waals surface area contributed by atoms with Gasteiger partial charge in [0.1, 0.15) is 0 Å². The molecule has 0 aliphatic rings. The van der Waals surface area contributed by atoms with Crippen LogP contribution in [-0.4, -0.2) is 19.0 Å². The van der Waals surface area contributed by atoms with Crippen LogP contribution in [0, 0.1) is 13.8 Å². The fourth-order valence-electron chi connectivity index (χ4n) is 2.48. The van der Waals surface area contributed by atoms with E-state index in [-0.39, 0.29) is 18.3 Å². The van der Waals surface area contributed by atoms with E-state index >= 15 is 0 Å². The van der Waals surface area contributed by atoms with E-state index < -0.39 is 6.04 Å². The number of nitrogens with zero attached hydrogens (tertiary/aromatic N) is 1. The van der Waals surface area contributed by atoms with E-state index in [0.717, 1.165) is 22.4 Å². The third kappa shape index (κ3) is 4.58. The summed E-state index contributed by atoms with van der Waals surface area (Å²) < 4.78 is 0. The van der Waals surface area contributed by atoms with E-state index in [2.05, 4.69) is 6.07 Å². The molecule has 4 heteroatoms. The van der Waals surface area contributed by atoms with Crippen molar-refractivity contribution in [2.45, 2.75) is 26.3 Å². The van der Waals surface area contributed by atoms with Crippen molar-refractivity contribution in [3.05, 3.63) is 65.2 Å². The Morgan fingerprint density at radius 1 is 1.09 bits per heavy atom. The van der Waals surface area contributed by atoms with E-state index in [0.29, 0.717) is 6.42 Å². The first kappa shape index (κ1) is 18.2. The van der Waals surface area contributed by atoms with Gasteiger partial charge >= 0.3 is 0 Å². The van der Waals surface area contributed by atoms with Gasteiger partial charge in [0.25, 0.3) is 0 Å². The first-order valence-electron chi connectivity index (χ1n) is 7.13. The molecule has 2 N–H and O–H groups in total. The van der Waals surface area contributed by atoms with E-state index in [1.807, 2.05) is 56.3 Å². The van der Waals surface area contributed by atoms with E-state index in [9.17, 15) is 4.79 Å². The Labute approximate surface area is 138 Å². The van der Waals surface area contributed by atoms with Crippen LogP contribution in [0.25, 0.3) is 0 Å². The number of nitrogens with two attached hydrogens (primary N) is 1. The maximum absolute atomic E-state index is 12.5. The Morgan fingerprint density at radius 2 is 1.64 bits per heavy atom. The van der Waals surface area contributed by atoms with Gasteiger partial charge in [-0.05, 0) is 49.1 Å². The van der Waals surface area contributed by atoms with Crippen molar-refractivity contribution in [1.29, 1.82) is 0 Å². The van der Waals surface area contributed by atoms with E-state index in [1.54, 1.807) is 11.9 Å². The number of halogens is 1. The number of carbonyl (C=O) groups excluding carboxylic acids is 1. The number of amides is 1. The summed E-state index contributed by atoms with van der Waals surface area (Å²) >= 11 is 0. The minimum absolute atomic E-state index is 0. The SMILES string of the molecule is Cc1cc(C)cc(N(C)C(=O)C(N)Cc2ccccc2)c1.Cl. The molecule has 2 aromatic carbocycles. The van der Waals surface area contributed by atoms with Crippen molar-refractivity contribution in [2.75, 3.05) is 11.9 Å². The second-order valence-electron chi connectivity index (χ2n) is 5.54. The molecule has 0 aromatic heterocycles. The number of anilines is 1. The highest BCUT2D eigenvalue weighted by Gasteiger charge is 2.19. The molecule has 1 unspecified atom stereocenters. The zero-order valence-corrected chi connectivity index (χ0v) is 14.1. The molecule has 0 saturated carbocycles. The van der Waals surface area contributed by atoms with Gasteiger partial charge in [-0.15, -0.1) is 12.4 Å². The minimum Gasteiger partial charge on any atom is -0.320 e. The summed E-state index contributed by atoms with van der Waals surface area (Å²) in [7, 11) is 1.78. The van der Waals surface area contributed by atoms with Crippen LogP contribution >= 0.6 is 12.4 Å². The minimum atomic E-state index is -0.529. The van der Waals surface area contributed by atoms with Gasteiger partial charge in [0.15, 0.2) is 0 Å². The zero-order valence-electron chi connectivity index (χ0n) is 13.2. The van der Waals surface area contributed by atoms with E-state index in [4.69, 9.17) is 5.73 Å². The highest BCUT2D eigenvalue weighted by atomic mass is 35.5. The standard InChI is InChI=1S/C18H22N2O.ClH/c1-13-9-14(2)11-16(10-13)20(3)18(21)17(19)12-15-7-5-4-6-8-15;/h4-11,17H,12,19H2,1-3H3;1H. The van der Waals surface area contributed by atoms with Gasteiger partial charge in [-0.2, -0.15) is 0 Å². The van der Waals surface area contributed by atoms with Crippen molar-refractivity contribution in [1.82, 2.24) is 0 Å². The second-order valence-corrected chi connectivity index (χ2v) is 5.54. The number of benzene rings is 2. The second kappa shape index (κ2) is 7.97. The number of carbonyl (C=O) groups is 1. The molecule has 0 bridgehead atoms. The Kier molecular flexibility index (Phi) is 6.60. The molecule has 1 atom stereocenters. The van der Waals surface area contributed by atoms with Crippen LogP contribution in [0.15, 0.2) is 48.5 Å². The van der Waals surface area contributed by atoms with Crippen LogP contribution < -0.4 is 10.6 Å². The summed E-state index contributed by atoms with van der Waals surface area (Å²) in [5, 5.41) is 0. The Morgan fingerprint density at radius 3 is 2.18 bits per heavy atom. The maximum atomic E-state index is 12.5. The van der Waals surface area contributed by atoms with Crippen LogP contribution in [0.5, 0.6) is 0 Å². The van der Waals surface area contributed by atoms with Crippen molar-refractivity contribution >= 4 is 24.0 Å². The third-order valence-corrected chi connectivity index (χ3v) is 3.54. The molecule has 22 heavy (non-hydrogen) atoms. The zero-order chi connectivity index (χ0) is 15.4. The van der Waals surface area contributed by atoms with Crippen molar-refractivity contribution < 1.29 is 4.79 Å². The monoisotopic (exact) mass is 318 g/mol. The van der Waals surface area contributed by atoms with Crippen LogP contribution in [0.4, 0.5) is 5.69 Å². The molecule has 2 rings (SSSR count). The fourth-order valence-corrected chi connectivity index (χ4v) is 2.48. The summed E-state index contributed by atoms with van der Waals surface area (Å²) in [5.74, 6) is -0.0659. The molecule has 0 heterocycles. The molecule has 118 valence electrons. The van der Waals surface area contributed by atoms with Gasteiger partial charge in [-0.1, -0.05) is 36.4 Å². The predicted octanol–water partition coefficient (Wildman–Crippen LogP) is 3.26. The van der Waals surface area contributed by atoms with Gasteiger partial charge in [0.05, 0.1) is 6.04 Å². The predicted molar refractivity (Wildman–Crippen MR) is 94.7 cm³/mol. The highest BCUT2D eigenvalue weighted by molar-refractivity contribution is 5.96. The lowest BCUT2D eigenvalue weighted by molar-refractivity contribution is -0.119. The third-order valence-electron chi connectivity index (χ3n) is 3.54. The van der Waals surface area contributed by atoms with Gasteiger partial charge < -0.3 is 10.6 Å². The lowest BCUT2D eigenvalue weighted by Crippen LogP contribution is -2.43. The smallest absolute Gasteiger partial charge is 0.243 e. The molecule has 0 saturated heterocycles. The van der Waals surface area contributed by atoms with Crippen LogP contribution in [0.3, 0.4) is 0 Å². The molecular weight excluding hydrogens is 296 g/mol. The van der Waals surface area contributed by atoms with Gasteiger partial charge in [-0.3, -0.25) is 4.79 Å². The molecule has 3 nitrogen and oxygen atoms in total. The lowest BCUT2D eigenvalue weighted by Gasteiger charge is -2.22. The number of hydrogen-bond acceptors (Lipinski definition) is 2. The normalized spacial score (nSPS) is 11.5. The van der Waals surface area contributed by atoms with Gasteiger partial charge in [-0.25, -0.2) is 0 Å². The average molecular weight is 319 g/mol. The summed E-state index contributed by atoms with van der Waals surface area (Å²) in [4.78, 5) is 14.1. The molecule has 0 aliphatic carbocycles. The van der Waals surface area contributed by atoms with Crippen molar-refractivity contribution in [2.24, 2.45) is 5.73 Å². The van der Waals surface area contributed by atoms with Crippen LogP contribution in [0.1, 0.15) is 16.7 Å². The number of likely N-dealkylation sites (N-methyl/N-ethyl adjacent to an activating group) is 1. The largest absolute Gasteiger partial charge is 0.320 e. The van der Waals surface area contributed by atoms with Crippen molar-refractivity contribution in [3.8, 4) is 0 Å². The lowest BCUT2D eigenvalue weighted by atomic mass is 10.0. The molecule has 0 fully saturated rings. The average Bonchev–Trinajstić information content (AvgIpc) is 2.45. The quantitative estimate of drug-likeness (QED) is 0.940. The molecular formula is C18H23ClN2O. The Bertz CT molecular complexity index is 608. The first-order valence-corrected chi connectivity index (χ1v) is 7.13. The summed E-state index contributed by atoms with van der Waals surface area (Å²) in [6.07, 6.45) is 0.550. The molecule has 1 amide bonds. The topological polar surface area (TPSA) is 46.3 Å². The van der Waals surface area contributed by atoms with Crippen LogP contribution in [0.2, 0.25) is 0 Å². The van der Waals surface area contributed by atoms with Crippen molar-refractivity contribution in [3.63, 3.8) is 0 Å². The molecule has 0 spiro atoms. The highest BCUT2D eigenvalue weighted by Crippen LogP contribution is 2.18. The van der Waals surface area contributed by atoms with E-state index in [1.165, 1.54) is 0 Å². The Balaban J connectivity index is 0.00000242. The first-order chi connectivity index (χ1) is 9.97. The van der Waals surface area contributed by atoms with Crippen LogP contribution in [-0.2, 0) is 11.2 Å². The van der Waals surface area contributed by atoms with Gasteiger partial charge in [0, 0.05) is 12.7 Å². The van der Waals surface area contributed by atoms with Gasteiger partial charge in [0.2, 0.25) is 5.91 Å². The fraction of sp³-hybridized carbons (Fsp3) is 0.278. The summed E-state index contributed by atoms with van der Waals surface area (Å²) in [6.45, 7) is 4.05. The maximum Gasteiger partial charge on any atom is 0.243 e. The molecule has 0 aliphatic heterocycles. The summed E-state index contributed by atoms with van der Waals surface area (Å²) in [5.41, 5.74) is 10.3. The molecule has 0 radical (unpaired) electrons. The summed E-state index contributed by atoms with van der Waals surface area (Å²) in [6, 6.07) is 15.4. The number of aryl methyl sites for hydroxylation is 2. The number of hydrogen-bond donors (Lipinski definition) is 1.